The van der Waals surface area contributed by atoms with Gasteiger partial charge in [-0.05, 0) is 6.92 Å². The normalized spacial score (nSPS) is 10.5. The lowest BCUT2D eigenvalue weighted by Crippen LogP contribution is -1.77. The van der Waals surface area contributed by atoms with Gasteiger partial charge >= 0.3 is 0 Å². The number of hydrogen-bond acceptors (Lipinski definition) is 5. The highest BCUT2D eigenvalue weighted by Gasteiger charge is 2.02. The minimum absolute atomic E-state index is 0.824. The van der Waals surface area contributed by atoms with E-state index in [9.17, 15) is 0 Å². The van der Waals surface area contributed by atoms with Gasteiger partial charge in [0.25, 0.3) is 0 Å². The van der Waals surface area contributed by atoms with E-state index >= 15 is 0 Å². The smallest absolute Gasteiger partial charge is 0.150 e. The zero-order chi connectivity index (χ0) is 9.10. The van der Waals surface area contributed by atoms with E-state index in [4.69, 9.17) is 4.52 Å². The fourth-order valence-corrected chi connectivity index (χ4v) is 2.42. The van der Waals surface area contributed by atoms with E-state index in [-0.39, 0.29) is 0 Å². The molecule has 68 valence electrons. The summed E-state index contributed by atoms with van der Waals surface area (Å²) in [4.78, 5) is 4.16. The standard InChI is InChI=1S/C8H8N2OS2/c1-6-4-7(10-11-6)5-13-8-9-2-3-12-8/h2-4H,5H2,1H3. The predicted octanol–water partition coefficient (Wildman–Crippen LogP) is 2.73. The first kappa shape index (κ1) is 8.77. The summed E-state index contributed by atoms with van der Waals surface area (Å²) < 4.78 is 6.02. The average Bonchev–Trinajstić information content (AvgIpc) is 2.71. The molecule has 0 aliphatic rings. The minimum atomic E-state index is 0.824. The zero-order valence-corrected chi connectivity index (χ0v) is 8.69. The van der Waals surface area contributed by atoms with Gasteiger partial charge in [0.2, 0.25) is 0 Å². The Kier molecular flexibility index (Phi) is 2.65. The van der Waals surface area contributed by atoms with Crippen molar-refractivity contribution in [3.63, 3.8) is 0 Å². The molecule has 13 heavy (non-hydrogen) atoms. The predicted molar refractivity (Wildman–Crippen MR) is 52.9 cm³/mol. The molecule has 0 unspecified atom stereocenters. The monoisotopic (exact) mass is 212 g/mol. The van der Waals surface area contributed by atoms with Crippen molar-refractivity contribution in [1.82, 2.24) is 10.1 Å². The number of aromatic nitrogens is 2. The molecule has 0 saturated carbocycles. The maximum Gasteiger partial charge on any atom is 0.150 e. The Morgan fingerprint density at radius 1 is 1.62 bits per heavy atom. The molecule has 0 aliphatic heterocycles. The van der Waals surface area contributed by atoms with Gasteiger partial charge in [-0.1, -0.05) is 16.9 Å². The van der Waals surface area contributed by atoms with E-state index in [1.54, 1.807) is 29.3 Å². The fourth-order valence-electron chi connectivity index (χ4n) is 0.903. The van der Waals surface area contributed by atoms with Gasteiger partial charge < -0.3 is 4.52 Å². The molecule has 0 spiro atoms. The summed E-state index contributed by atoms with van der Waals surface area (Å²) in [6.07, 6.45) is 1.81. The highest BCUT2D eigenvalue weighted by Crippen LogP contribution is 2.23. The topological polar surface area (TPSA) is 38.9 Å². The molecule has 0 atom stereocenters. The third kappa shape index (κ3) is 2.32. The molecule has 0 N–H and O–H groups in total. The quantitative estimate of drug-likeness (QED) is 0.733. The van der Waals surface area contributed by atoms with Gasteiger partial charge in [0.1, 0.15) is 10.1 Å². The van der Waals surface area contributed by atoms with Crippen molar-refractivity contribution in [2.75, 3.05) is 0 Å². The van der Waals surface area contributed by atoms with Gasteiger partial charge in [-0.2, -0.15) is 0 Å². The van der Waals surface area contributed by atoms with Crippen molar-refractivity contribution >= 4 is 23.1 Å². The third-order valence-electron chi connectivity index (χ3n) is 1.43. The van der Waals surface area contributed by atoms with Gasteiger partial charge in [-0.3, -0.25) is 0 Å². The number of nitrogens with zero attached hydrogens (tertiary/aromatic N) is 2. The summed E-state index contributed by atoms with van der Waals surface area (Å²) in [5, 5.41) is 5.86. The second-order valence-corrected chi connectivity index (χ2v) is 4.63. The summed E-state index contributed by atoms with van der Waals surface area (Å²) in [6, 6.07) is 1.95. The molecule has 0 bridgehead atoms. The van der Waals surface area contributed by atoms with Crippen molar-refractivity contribution in [2.24, 2.45) is 0 Å². The van der Waals surface area contributed by atoms with Gasteiger partial charge in [0, 0.05) is 23.4 Å². The van der Waals surface area contributed by atoms with Gasteiger partial charge in [-0.15, -0.1) is 11.3 Å². The number of hydrogen-bond donors (Lipinski definition) is 0. The van der Waals surface area contributed by atoms with E-state index in [2.05, 4.69) is 10.1 Å². The minimum Gasteiger partial charge on any atom is -0.361 e. The SMILES string of the molecule is Cc1cc(CSc2nccs2)no1. The first-order chi connectivity index (χ1) is 6.34. The van der Waals surface area contributed by atoms with Crippen molar-refractivity contribution < 1.29 is 4.52 Å². The number of rotatable bonds is 3. The molecular weight excluding hydrogens is 204 g/mol. The Morgan fingerprint density at radius 3 is 3.15 bits per heavy atom. The van der Waals surface area contributed by atoms with E-state index in [1.165, 1.54) is 0 Å². The molecule has 0 saturated heterocycles. The molecule has 0 amide bonds. The van der Waals surface area contributed by atoms with Crippen LogP contribution in [0.5, 0.6) is 0 Å². The van der Waals surface area contributed by atoms with Crippen LogP contribution in [0.4, 0.5) is 0 Å². The lowest BCUT2D eigenvalue weighted by Gasteiger charge is -1.90. The number of thiazole rings is 1. The third-order valence-corrected chi connectivity index (χ3v) is 3.43. The van der Waals surface area contributed by atoms with E-state index in [0.29, 0.717) is 0 Å². The van der Waals surface area contributed by atoms with Crippen LogP contribution in [0.1, 0.15) is 11.5 Å². The fraction of sp³-hybridized carbons (Fsp3) is 0.250. The number of thioether (sulfide) groups is 1. The van der Waals surface area contributed by atoms with Crippen LogP contribution in [0, 0.1) is 6.92 Å². The molecule has 0 aliphatic carbocycles. The van der Waals surface area contributed by atoms with E-state index in [1.807, 2.05) is 18.4 Å². The molecule has 0 aromatic carbocycles. The highest BCUT2D eigenvalue weighted by atomic mass is 32.2. The van der Waals surface area contributed by atoms with Crippen molar-refractivity contribution in [2.45, 2.75) is 17.0 Å². The molecule has 2 heterocycles. The van der Waals surface area contributed by atoms with Crippen LogP contribution in [-0.2, 0) is 5.75 Å². The summed E-state index contributed by atoms with van der Waals surface area (Å²) in [5.74, 6) is 1.68. The van der Waals surface area contributed by atoms with Gasteiger partial charge in [0.15, 0.2) is 0 Å². The molecule has 0 radical (unpaired) electrons. The highest BCUT2D eigenvalue weighted by molar-refractivity contribution is 8.00. The van der Waals surface area contributed by atoms with Crippen molar-refractivity contribution in [1.29, 1.82) is 0 Å². The van der Waals surface area contributed by atoms with Crippen molar-refractivity contribution in [3.05, 3.63) is 29.1 Å². The zero-order valence-electron chi connectivity index (χ0n) is 7.06. The Bertz CT molecular complexity index is 369. The lowest BCUT2D eigenvalue weighted by atomic mass is 10.4. The van der Waals surface area contributed by atoms with Crippen LogP contribution in [0.2, 0.25) is 0 Å². The maximum absolute atomic E-state index is 4.95. The van der Waals surface area contributed by atoms with E-state index in [0.717, 1.165) is 21.5 Å². The molecule has 3 nitrogen and oxygen atoms in total. The first-order valence-electron chi connectivity index (χ1n) is 3.79. The number of aryl methyl sites for hydroxylation is 1. The maximum atomic E-state index is 4.95. The van der Waals surface area contributed by atoms with Crippen LogP contribution in [0.3, 0.4) is 0 Å². The Labute approximate surface area is 84.2 Å². The van der Waals surface area contributed by atoms with Gasteiger partial charge in [0.05, 0.1) is 5.69 Å². The lowest BCUT2D eigenvalue weighted by molar-refractivity contribution is 0.393. The van der Waals surface area contributed by atoms with Crippen LogP contribution >= 0.6 is 23.1 Å². The second kappa shape index (κ2) is 3.93. The largest absolute Gasteiger partial charge is 0.361 e. The average molecular weight is 212 g/mol. The Hall–Kier alpha value is -0.810. The van der Waals surface area contributed by atoms with Crippen LogP contribution in [0.15, 0.2) is 26.5 Å². The van der Waals surface area contributed by atoms with Crippen LogP contribution in [0.25, 0.3) is 0 Å². The van der Waals surface area contributed by atoms with Crippen molar-refractivity contribution in [3.8, 4) is 0 Å². The summed E-state index contributed by atoms with van der Waals surface area (Å²) >= 11 is 3.32. The van der Waals surface area contributed by atoms with E-state index < -0.39 is 0 Å². The van der Waals surface area contributed by atoms with Crippen LogP contribution in [-0.4, -0.2) is 10.1 Å². The second-order valence-electron chi connectivity index (χ2n) is 2.52. The first-order valence-corrected chi connectivity index (χ1v) is 5.65. The molecule has 0 fully saturated rings. The molecule has 5 heteroatoms. The molecule has 2 aromatic rings. The van der Waals surface area contributed by atoms with Gasteiger partial charge in [-0.25, -0.2) is 4.98 Å². The summed E-state index contributed by atoms with van der Waals surface area (Å²) in [5.41, 5.74) is 0.970. The molecular formula is C8H8N2OS2. The molecule has 2 aromatic heterocycles. The Balaban J connectivity index is 1.93. The van der Waals surface area contributed by atoms with Crippen LogP contribution < -0.4 is 0 Å². The molecule has 2 rings (SSSR count). The summed E-state index contributed by atoms with van der Waals surface area (Å²) in [7, 11) is 0. The Morgan fingerprint density at radius 2 is 2.54 bits per heavy atom. The summed E-state index contributed by atoms with van der Waals surface area (Å²) in [6.45, 7) is 1.89.